The average Bonchev–Trinajstić information content (AvgIpc) is 1.97. The number of ether oxygens (including phenoxy) is 1. The van der Waals surface area contributed by atoms with E-state index in [1.54, 1.807) is 0 Å². The Labute approximate surface area is 67.7 Å². The fourth-order valence-corrected chi connectivity index (χ4v) is 0.795. The Morgan fingerprint density at radius 2 is 2.10 bits per heavy atom. The van der Waals surface area contributed by atoms with Gasteiger partial charge in [0.2, 0.25) is 0 Å². The van der Waals surface area contributed by atoms with E-state index in [0.717, 1.165) is 31.7 Å². The van der Waals surface area contributed by atoms with Crippen LogP contribution in [0.15, 0.2) is 0 Å². The summed E-state index contributed by atoms with van der Waals surface area (Å²) in [5, 5.41) is 0. The molecule has 0 amide bonds. The monoisotopic (exact) mass is 160 g/mol. The molecule has 0 spiro atoms. The summed E-state index contributed by atoms with van der Waals surface area (Å²) < 4.78 is 5.05. The van der Waals surface area contributed by atoms with Crippen LogP contribution in [-0.2, 0) is 4.74 Å². The van der Waals surface area contributed by atoms with Gasteiger partial charge in [0.05, 0.1) is 0 Å². The number of terminal acetylenes is 1. The number of alkyl halides is 1. The van der Waals surface area contributed by atoms with Crippen molar-refractivity contribution in [1.82, 2.24) is 0 Å². The summed E-state index contributed by atoms with van der Waals surface area (Å²) in [7, 11) is 0. The van der Waals surface area contributed by atoms with Gasteiger partial charge in [0.15, 0.2) is 0 Å². The van der Waals surface area contributed by atoms with E-state index in [-0.39, 0.29) is 0 Å². The molecule has 0 aromatic heterocycles. The Bertz CT molecular complexity index is 95.9. The highest BCUT2D eigenvalue weighted by Gasteiger charge is 1.86. The first-order valence-electron chi connectivity index (χ1n) is 3.49. The summed E-state index contributed by atoms with van der Waals surface area (Å²) in [6.07, 6.45) is 8.24. The largest absolute Gasteiger partial charge is 0.369 e. The first kappa shape index (κ1) is 9.81. The van der Waals surface area contributed by atoms with Gasteiger partial charge in [-0.15, -0.1) is 18.0 Å². The lowest BCUT2D eigenvalue weighted by atomic mass is 10.3. The predicted molar refractivity (Wildman–Crippen MR) is 44.2 cm³/mol. The Hall–Kier alpha value is -0.190. The van der Waals surface area contributed by atoms with Gasteiger partial charge in [-0.05, 0) is 19.3 Å². The molecule has 0 aromatic rings. The SMILES string of the molecule is C#CCOCCCCCCl. The van der Waals surface area contributed by atoms with Gasteiger partial charge in [-0.2, -0.15) is 0 Å². The molecule has 0 unspecified atom stereocenters. The molecule has 2 heteroatoms. The van der Waals surface area contributed by atoms with E-state index in [1.807, 2.05) is 0 Å². The highest BCUT2D eigenvalue weighted by atomic mass is 35.5. The van der Waals surface area contributed by atoms with Crippen LogP contribution >= 0.6 is 11.6 Å². The fourth-order valence-electron chi connectivity index (χ4n) is 0.606. The second-order valence-corrected chi connectivity index (χ2v) is 2.38. The molecule has 58 valence electrons. The zero-order valence-corrected chi connectivity index (χ0v) is 6.86. The Morgan fingerprint density at radius 3 is 2.70 bits per heavy atom. The smallest absolute Gasteiger partial charge is 0.107 e. The molecule has 0 bridgehead atoms. The molecule has 0 N–H and O–H groups in total. The normalized spacial score (nSPS) is 9.20. The van der Waals surface area contributed by atoms with Crippen LogP contribution in [0.3, 0.4) is 0 Å². The van der Waals surface area contributed by atoms with E-state index in [4.69, 9.17) is 22.8 Å². The third-order valence-electron chi connectivity index (χ3n) is 1.11. The molecule has 0 aromatic carbocycles. The molecule has 10 heavy (non-hydrogen) atoms. The number of unbranched alkanes of at least 4 members (excludes halogenated alkanes) is 2. The van der Waals surface area contributed by atoms with Gasteiger partial charge in [0.25, 0.3) is 0 Å². The molecule has 0 heterocycles. The zero-order valence-electron chi connectivity index (χ0n) is 6.11. The molecule has 0 saturated carbocycles. The van der Waals surface area contributed by atoms with Gasteiger partial charge in [0, 0.05) is 12.5 Å². The van der Waals surface area contributed by atoms with E-state index in [0.29, 0.717) is 6.61 Å². The molecule has 0 atom stereocenters. The maximum Gasteiger partial charge on any atom is 0.107 e. The van der Waals surface area contributed by atoms with Gasteiger partial charge in [0.1, 0.15) is 6.61 Å². The van der Waals surface area contributed by atoms with Crippen LogP contribution < -0.4 is 0 Å². The van der Waals surface area contributed by atoms with Crippen molar-refractivity contribution in [3.8, 4) is 12.3 Å². The van der Waals surface area contributed by atoms with Gasteiger partial charge in [-0.25, -0.2) is 0 Å². The summed E-state index contributed by atoms with van der Waals surface area (Å²) in [5.74, 6) is 3.16. The number of rotatable bonds is 6. The highest BCUT2D eigenvalue weighted by Crippen LogP contribution is 1.96. The van der Waals surface area contributed by atoms with Crippen molar-refractivity contribution in [2.75, 3.05) is 19.1 Å². The van der Waals surface area contributed by atoms with Crippen molar-refractivity contribution in [3.63, 3.8) is 0 Å². The first-order valence-corrected chi connectivity index (χ1v) is 4.02. The second-order valence-electron chi connectivity index (χ2n) is 2.01. The lowest BCUT2D eigenvalue weighted by molar-refractivity contribution is 0.162. The van der Waals surface area contributed by atoms with E-state index in [1.165, 1.54) is 0 Å². The standard InChI is InChI=1S/C8H13ClO/c1-2-7-10-8-5-3-4-6-9/h1H,3-8H2. The Balaban J connectivity index is 2.72. The topological polar surface area (TPSA) is 9.23 Å². The van der Waals surface area contributed by atoms with Crippen LogP contribution in [0, 0.1) is 12.3 Å². The van der Waals surface area contributed by atoms with Crippen molar-refractivity contribution >= 4 is 11.6 Å². The minimum atomic E-state index is 0.431. The summed E-state index contributed by atoms with van der Waals surface area (Å²) in [6, 6.07) is 0. The van der Waals surface area contributed by atoms with Crippen molar-refractivity contribution in [1.29, 1.82) is 0 Å². The maximum absolute atomic E-state index is 5.47. The van der Waals surface area contributed by atoms with Crippen molar-refractivity contribution in [2.45, 2.75) is 19.3 Å². The molecule has 0 aliphatic heterocycles. The fraction of sp³-hybridized carbons (Fsp3) is 0.750. The Morgan fingerprint density at radius 1 is 1.30 bits per heavy atom. The van der Waals surface area contributed by atoms with Crippen LogP contribution in [0.5, 0.6) is 0 Å². The molecular formula is C8H13ClO. The van der Waals surface area contributed by atoms with Gasteiger partial charge >= 0.3 is 0 Å². The number of hydrogen-bond donors (Lipinski definition) is 0. The summed E-state index contributed by atoms with van der Waals surface area (Å²) >= 11 is 5.47. The predicted octanol–water partition coefficient (Wildman–Crippen LogP) is 2.05. The molecule has 0 aliphatic carbocycles. The van der Waals surface area contributed by atoms with Gasteiger partial charge < -0.3 is 4.74 Å². The van der Waals surface area contributed by atoms with E-state index >= 15 is 0 Å². The van der Waals surface area contributed by atoms with Crippen molar-refractivity contribution < 1.29 is 4.74 Å². The van der Waals surface area contributed by atoms with E-state index < -0.39 is 0 Å². The van der Waals surface area contributed by atoms with Crippen LogP contribution in [-0.4, -0.2) is 19.1 Å². The molecule has 0 aliphatic rings. The molecule has 0 radical (unpaired) electrons. The molecule has 1 nitrogen and oxygen atoms in total. The highest BCUT2D eigenvalue weighted by molar-refractivity contribution is 6.17. The van der Waals surface area contributed by atoms with Crippen molar-refractivity contribution in [2.24, 2.45) is 0 Å². The average molecular weight is 161 g/mol. The first-order chi connectivity index (χ1) is 4.91. The molecule has 0 rings (SSSR count). The summed E-state index contributed by atoms with van der Waals surface area (Å²) in [6.45, 7) is 1.20. The minimum Gasteiger partial charge on any atom is -0.369 e. The summed E-state index contributed by atoms with van der Waals surface area (Å²) in [5.41, 5.74) is 0. The number of hydrogen-bond acceptors (Lipinski definition) is 1. The third-order valence-corrected chi connectivity index (χ3v) is 1.37. The van der Waals surface area contributed by atoms with E-state index in [9.17, 15) is 0 Å². The van der Waals surface area contributed by atoms with Gasteiger partial charge in [-0.1, -0.05) is 5.92 Å². The molecule has 0 saturated heterocycles. The lowest BCUT2D eigenvalue weighted by Gasteiger charge is -1.97. The minimum absolute atomic E-state index is 0.431. The third kappa shape index (κ3) is 7.81. The maximum atomic E-state index is 5.47. The van der Waals surface area contributed by atoms with E-state index in [2.05, 4.69) is 5.92 Å². The van der Waals surface area contributed by atoms with Gasteiger partial charge in [-0.3, -0.25) is 0 Å². The number of halogens is 1. The van der Waals surface area contributed by atoms with Crippen LogP contribution in [0.1, 0.15) is 19.3 Å². The second kappa shape index (κ2) is 8.81. The van der Waals surface area contributed by atoms with Crippen molar-refractivity contribution in [3.05, 3.63) is 0 Å². The van der Waals surface area contributed by atoms with Crippen LogP contribution in [0.4, 0.5) is 0 Å². The summed E-state index contributed by atoms with van der Waals surface area (Å²) in [4.78, 5) is 0. The molecular weight excluding hydrogens is 148 g/mol. The lowest BCUT2D eigenvalue weighted by Crippen LogP contribution is -1.94. The zero-order chi connectivity index (χ0) is 7.66. The van der Waals surface area contributed by atoms with Crippen LogP contribution in [0.25, 0.3) is 0 Å². The quantitative estimate of drug-likeness (QED) is 0.328. The Kier molecular flexibility index (Phi) is 8.64. The van der Waals surface area contributed by atoms with Crippen LogP contribution in [0.2, 0.25) is 0 Å². The molecule has 0 fully saturated rings.